The molecule has 0 saturated carbocycles. The van der Waals surface area contributed by atoms with Gasteiger partial charge < -0.3 is 21.1 Å². The molecule has 0 saturated heterocycles. The fourth-order valence-corrected chi connectivity index (χ4v) is 3.22. The van der Waals surface area contributed by atoms with Crippen molar-refractivity contribution in [3.05, 3.63) is 23.9 Å². The molecule has 30 heavy (non-hydrogen) atoms. The summed E-state index contributed by atoms with van der Waals surface area (Å²) < 4.78 is 0. The van der Waals surface area contributed by atoms with Gasteiger partial charge in [-0.05, 0) is 31.9 Å². The molecule has 4 N–H and O–H groups in total. The first kappa shape index (κ1) is 25.4. The monoisotopic (exact) mass is 420 g/mol. The van der Waals surface area contributed by atoms with Crippen LogP contribution in [0.25, 0.3) is 0 Å². The zero-order valence-electron chi connectivity index (χ0n) is 18.0. The normalized spacial score (nSPS) is 11.6. The Hall–Kier alpha value is -2.64. The number of aliphatic carboxylic acids is 1. The van der Waals surface area contributed by atoms with Crippen LogP contribution in [0.1, 0.15) is 81.5 Å². The van der Waals surface area contributed by atoms with Gasteiger partial charge in [0.05, 0.1) is 5.56 Å². The number of carbonyl (C=O) groups is 3. The van der Waals surface area contributed by atoms with Gasteiger partial charge in [-0.3, -0.25) is 9.59 Å². The van der Waals surface area contributed by atoms with Crippen molar-refractivity contribution in [2.75, 3.05) is 18.8 Å². The molecule has 2 amide bonds. The SMILES string of the molecule is C[C@@H](C(=O)O)N(C=O)CCCCCCCCCCCCNC(=O)c1cccnc1N. The lowest BCUT2D eigenvalue weighted by Gasteiger charge is -2.21. The zero-order valence-corrected chi connectivity index (χ0v) is 18.0. The Balaban J connectivity index is 1.92. The van der Waals surface area contributed by atoms with E-state index < -0.39 is 12.0 Å². The van der Waals surface area contributed by atoms with Gasteiger partial charge in [0.15, 0.2) is 0 Å². The minimum Gasteiger partial charge on any atom is -0.480 e. The molecule has 0 fully saturated rings. The minimum absolute atomic E-state index is 0.172. The number of pyridine rings is 1. The number of carboxylic acids is 1. The Labute approximate surface area is 179 Å². The predicted molar refractivity (Wildman–Crippen MR) is 117 cm³/mol. The van der Waals surface area contributed by atoms with E-state index in [2.05, 4.69) is 10.3 Å². The van der Waals surface area contributed by atoms with Gasteiger partial charge >= 0.3 is 5.97 Å². The van der Waals surface area contributed by atoms with Crippen LogP contribution in [0.15, 0.2) is 18.3 Å². The maximum absolute atomic E-state index is 12.0. The van der Waals surface area contributed by atoms with E-state index in [1.165, 1.54) is 31.1 Å². The first-order chi connectivity index (χ1) is 14.5. The molecular weight excluding hydrogens is 384 g/mol. The second-order valence-corrected chi connectivity index (χ2v) is 7.59. The van der Waals surface area contributed by atoms with Crippen LogP contribution in [-0.4, -0.2) is 52.4 Å². The van der Waals surface area contributed by atoms with Gasteiger partial charge in [-0.2, -0.15) is 0 Å². The number of nitrogens with zero attached hydrogens (tertiary/aromatic N) is 2. The maximum Gasteiger partial charge on any atom is 0.326 e. The molecule has 0 spiro atoms. The van der Waals surface area contributed by atoms with Crippen molar-refractivity contribution in [2.24, 2.45) is 0 Å². The van der Waals surface area contributed by atoms with E-state index in [1.807, 2.05) is 0 Å². The van der Waals surface area contributed by atoms with E-state index in [4.69, 9.17) is 10.8 Å². The van der Waals surface area contributed by atoms with Crippen molar-refractivity contribution < 1.29 is 19.5 Å². The fraction of sp³-hybridized carbons (Fsp3) is 0.636. The molecule has 0 bridgehead atoms. The number of aromatic nitrogens is 1. The Morgan fingerprint density at radius 3 is 2.20 bits per heavy atom. The van der Waals surface area contributed by atoms with Crippen molar-refractivity contribution in [3.8, 4) is 0 Å². The van der Waals surface area contributed by atoms with Crippen LogP contribution in [0.3, 0.4) is 0 Å². The molecule has 0 aliphatic rings. The lowest BCUT2D eigenvalue weighted by Crippen LogP contribution is -2.38. The lowest BCUT2D eigenvalue weighted by molar-refractivity contribution is -0.145. The van der Waals surface area contributed by atoms with Crippen LogP contribution in [0.4, 0.5) is 5.82 Å². The molecule has 0 aliphatic heterocycles. The molecule has 0 aromatic carbocycles. The maximum atomic E-state index is 12.0. The van der Waals surface area contributed by atoms with Crippen LogP contribution in [0.5, 0.6) is 0 Å². The summed E-state index contributed by atoms with van der Waals surface area (Å²) in [4.78, 5) is 39.1. The molecule has 168 valence electrons. The molecule has 1 heterocycles. The number of nitrogen functional groups attached to an aromatic ring is 1. The van der Waals surface area contributed by atoms with Crippen LogP contribution in [-0.2, 0) is 9.59 Å². The van der Waals surface area contributed by atoms with Gasteiger partial charge in [0, 0.05) is 19.3 Å². The summed E-state index contributed by atoms with van der Waals surface area (Å²) in [7, 11) is 0. The third-order valence-corrected chi connectivity index (χ3v) is 5.20. The molecule has 1 aromatic rings. The van der Waals surface area contributed by atoms with Gasteiger partial charge in [0.25, 0.3) is 5.91 Å². The average molecular weight is 421 g/mol. The topological polar surface area (TPSA) is 126 Å². The van der Waals surface area contributed by atoms with E-state index in [9.17, 15) is 14.4 Å². The highest BCUT2D eigenvalue weighted by atomic mass is 16.4. The Morgan fingerprint density at radius 1 is 1.10 bits per heavy atom. The first-order valence-corrected chi connectivity index (χ1v) is 10.9. The number of anilines is 1. The van der Waals surface area contributed by atoms with E-state index >= 15 is 0 Å². The van der Waals surface area contributed by atoms with Crippen molar-refractivity contribution in [1.82, 2.24) is 15.2 Å². The second-order valence-electron chi connectivity index (χ2n) is 7.59. The number of carbonyl (C=O) groups excluding carboxylic acids is 2. The predicted octanol–water partition coefficient (Wildman–Crippen LogP) is 3.23. The van der Waals surface area contributed by atoms with Gasteiger partial charge in [0.1, 0.15) is 11.9 Å². The van der Waals surface area contributed by atoms with Crippen LogP contribution >= 0.6 is 0 Å². The Kier molecular flexibility index (Phi) is 12.9. The van der Waals surface area contributed by atoms with Gasteiger partial charge in [-0.25, -0.2) is 9.78 Å². The lowest BCUT2D eigenvalue weighted by atomic mass is 10.1. The number of hydrogen-bond acceptors (Lipinski definition) is 5. The molecular formula is C22H36N4O4. The standard InChI is InChI=1S/C22H36N4O4/c1-18(22(29)30)26(17-27)16-11-9-7-5-3-2-4-6-8-10-14-25-21(28)19-13-12-15-24-20(19)23/h12-13,15,17-18H,2-11,14,16H2,1H3,(H2,23,24)(H,25,28)(H,29,30)/t18-/m0/s1. The summed E-state index contributed by atoms with van der Waals surface area (Å²) in [5, 5.41) is 11.8. The van der Waals surface area contributed by atoms with Crippen molar-refractivity contribution >= 4 is 24.1 Å². The number of unbranched alkanes of at least 4 members (excludes halogenated alkanes) is 9. The smallest absolute Gasteiger partial charge is 0.326 e. The number of nitrogens with one attached hydrogen (secondary N) is 1. The highest BCUT2D eigenvalue weighted by molar-refractivity contribution is 5.98. The van der Waals surface area contributed by atoms with E-state index in [1.54, 1.807) is 18.3 Å². The Bertz CT molecular complexity index is 654. The molecule has 0 unspecified atom stereocenters. The van der Waals surface area contributed by atoms with Crippen molar-refractivity contribution in [1.29, 1.82) is 0 Å². The van der Waals surface area contributed by atoms with Crippen LogP contribution in [0, 0.1) is 0 Å². The van der Waals surface area contributed by atoms with E-state index in [0.717, 1.165) is 44.9 Å². The third kappa shape index (κ3) is 10.2. The molecule has 0 radical (unpaired) electrons. The third-order valence-electron chi connectivity index (χ3n) is 5.20. The summed E-state index contributed by atoms with van der Waals surface area (Å²) in [5.74, 6) is -0.886. The summed E-state index contributed by atoms with van der Waals surface area (Å²) in [6, 6.07) is 2.61. The van der Waals surface area contributed by atoms with Crippen molar-refractivity contribution in [3.63, 3.8) is 0 Å². The van der Waals surface area contributed by atoms with Gasteiger partial charge in [-0.1, -0.05) is 51.4 Å². The van der Waals surface area contributed by atoms with Crippen LogP contribution in [0.2, 0.25) is 0 Å². The highest BCUT2D eigenvalue weighted by Crippen LogP contribution is 2.11. The number of hydrogen-bond donors (Lipinski definition) is 3. The van der Waals surface area contributed by atoms with E-state index in [0.29, 0.717) is 25.1 Å². The highest BCUT2D eigenvalue weighted by Gasteiger charge is 2.17. The molecule has 1 rings (SSSR count). The summed E-state index contributed by atoms with van der Waals surface area (Å²) >= 11 is 0. The summed E-state index contributed by atoms with van der Waals surface area (Å²) in [6.07, 6.45) is 13.1. The second kappa shape index (κ2) is 15.2. The summed E-state index contributed by atoms with van der Waals surface area (Å²) in [6.45, 7) is 2.67. The quantitative estimate of drug-likeness (QED) is 0.262. The largest absolute Gasteiger partial charge is 0.480 e. The zero-order chi connectivity index (χ0) is 22.2. The average Bonchev–Trinajstić information content (AvgIpc) is 2.73. The van der Waals surface area contributed by atoms with Gasteiger partial charge in [0.2, 0.25) is 6.41 Å². The van der Waals surface area contributed by atoms with Gasteiger partial charge in [-0.15, -0.1) is 0 Å². The fourth-order valence-electron chi connectivity index (χ4n) is 3.22. The molecule has 1 aromatic heterocycles. The number of rotatable bonds is 17. The molecule has 8 heteroatoms. The molecule has 1 atom stereocenters. The first-order valence-electron chi connectivity index (χ1n) is 10.9. The molecule has 0 aliphatic carbocycles. The Morgan fingerprint density at radius 2 is 1.67 bits per heavy atom. The van der Waals surface area contributed by atoms with E-state index in [-0.39, 0.29) is 11.7 Å². The minimum atomic E-state index is -0.970. The number of amides is 2. The van der Waals surface area contributed by atoms with Crippen LogP contribution < -0.4 is 11.1 Å². The number of nitrogens with two attached hydrogens (primary N) is 1. The summed E-state index contributed by atoms with van der Waals surface area (Å²) in [5.41, 5.74) is 6.11. The van der Waals surface area contributed by atoms with Crippen molar-refractivity contribution in [2.45, 2.75) is 77.2 Å². The molecule has 8 nitrogen and oxygen atoms in total. The number of carboxylic acid groups (broad SMARTS) is 1.